The lowest BCUT2D eigenvalue weighted by Gasteiger charge is -2.22. The molecule has 19 heavy (non-hydrogen) atoms. The first-order valence-electron chi connectivity index (χ1n) is 7.14. The second-order valence-corrected chi connectivity index (χ2v) is 5.54. The van der Waals surface area contributed by atoms with Crippen molar-refractivity contribution in [2.24, 2.45) is 5.92 Å². The summed E-state index contributed by atoms with van der Waals surface area (Å²) in [6, 6.07) is 6.34. The molecule has 3 heteroatoms. The molecule has 0 spiro atoms. The van der Waals surface area contributed by atoms with Crippen LogP contribution in [0.3, 0.4) is 0 Å². The first-order chi connectivity index (χ1) is 9.28. The van der Waals surface area contributed by atoms with E-state index < -0.39 is 0 Å². The number of piperidine rings is 1. The number of rotatable bonds is 3. The fourth-order valence-corrected chi connectivity index (χ4v) is 3.13. The molecule has 0 atom stereocenters. The standard InChI is InChI=1S/C16H22N2O/c1-11-15(9-12-5-7-17-8-6-12)14-4-3-13(19-2)10-16(14)18-11/h3-4,10,12,17-18H,5-9H2,1-2H3. The molecule has 0 saturated carbocycles. The van der Waals surface area contributed by atoms with Crippen molar-refractivity contribution in [1.82, 2.24) is 10.3 Å². The number of aryl methyl sites for hydroxylation is 1. The second-order valence-electron chi connectivity index (χ2n) is 5.54. The van der Waals surface area contributed by atoms with E-state index in [4.69, 9.17) is 4.74 Å². The molecule has 0 amide bonds. The summed E-state index contributed by atoms with van der Waals surface area (Å²) in [7, 11) is 1.72. The maximum Gasteiger partial charge on any atom is 0.120 e. The third-order valence-electron chi connectivity index (χ3n) is 4.28. The fourth-order valence-electron chi connectivity index (χ4n) is 3.13. The molecule has 2 heterocycles. The maximum atomic E-state index is 5.29. The number of H-pyrrole nitrogens is 1. The lowest BCUT2D eigenvalue weighted by atomic mass is 9.90. The SMILES string of the molecule is COc1ccc2c(CC3CCNCC3)c(C)[nH]c2c1. The van der Waals surface area contributed by atoms with Crippen molar-refractivity contribution in [3.05, 3.63) is 29.5 Å². The molecule has 3 nitrogen and oxygen atoms in total. The van der Waals surface area contributed by atoms with E-state index in [0.717, 1.165) is 11.7 Å². The van der Waals surface area contributed by atoms with Crippen LogP contribution in [-0.4, -0.2) is 25.2 Å². The average Bonchev–Trinajstić information content (AvgIpc) is 2.75. The third-order valence-corrected chi connectivity index (χ3v) is 4.28. The van der Waals surface area contributed by atoms with Crippen molar-refractivity contribution in [3.63, 3.8) is 0 Å². The van der Waals surface area contributed by atoms with Gasteiger partial charge in [-0.15, -0.1) is 0 Å². The van der Waals surface area contributed by atoms with Crippen LogP contribution in [0.25, 0.3) is 10.9 Å². The van der Waals surface area contributed by atoms with Crippen molar-refractivity contribution in [1.29, 1.82) is 0 Å². The molecule has 1 fully saturated rings. The molecule has 0 bridgehead atoms. The summed E-state index contributed by atoms with van der Waals surface area (Å²) >= 11 is 0. The minimum absolute atomic E-state index is 0.820. The van der Waals surface area contributed by atoms with Gasteiger partial charge >= 0.3 is 0 Å². The van der Waals surface area contributed by atoms with Crippen LogP contribution in [-0.2, 0) is 6.42 Å². The summed E-state index contributed by atoms with van der Waals surface area (Å²) in [6.07, 6.45) is 3.78. The number of aromatic nitrogens is 1. The molecule has 0 unspecified atom stereocenters. The lowest BCUT2D eigenvalue weighted by Crippen LogP contribution is -2.28. The summed E-state index contributed by atoms with van der Waals surface area (Å²) in [5.41, 5.74) is 3.99. The molecule has 1 aliphatic rings. The molecule has 1 saturated heterocycles. The zero-order chi connectivity index (χ0) is 13.2. The number of aromatic amines is 1. The quantitative estimate of drug-likeness (QED) is 0.888. The van der Waals surface area contributed by atoms with Crippen LogP contribution in [0.4, 0.5) is 0 Å². The van der Waals surface area contributed by atoms with Crippen molar-refractivity contribution >= 4 is 10.9 Å². The Bertz CT molecular complexity index is 567. The first-order valence-corrected chi connectivity index (χ1v) is 7.14. The highest BCUT2D eigenvalue weighted by atomic mass is 16.5. The van der Waals surface area contributed by atoms with Gasteiger partial charge in [-0.2, -0.15) is 0 Å². The Kier molecular flexibility index (Phi) is 3.47. The molecular formula is C16H22N2O. The van der Waals surface area contributed by atoms with Gasteiger partial charge < -0.3 is 15.0 Å². The van der Waals surface area contributed by atoms with E-state index in [1.807, 2.05) is 0 Å². The van der Waals surface area contributed by atoms with E-state index in [-0.39, 0.29) is 0 Å². The summed E-state index contributed by atoms with van der Waals surface area (Å²) < 4.78 is 5.29. The molecule has 2 N–H and O–H groups in total. The largest absolute Gasteiger partial charge is 0.497 e. The molecule has 2 aromatic rings. The van der Waals surface area contributed by atoms with E-state index in [9.17, 15) is 0 Å². The van der Waals surface area contributed by atoms with Crippen molar-refractivity contribution in [2.75, 3.05) is 20.2 Å². The number of methoxy groups -OCH3 is 1. The van der Waals surface area contributed by atoms with Gasteiger partial charge in [-0.3, -0.25) is 0 Å². The number of benzene rings is 1. The van der Waals surface area contributed by atoms with Crippen molar-refractivity contribution in [2.45, 2.75) is 26.2 Å². The van der Waals surface area contributed by atoms with E-state index in [1.165, 1.54) is 54.5 Å². The highest BCUT2D eigenvalue weighted by Gasteiger charge is 2.17. The Balaban J connectivity index is 1.91. The normalized spacial score (nSPS) is 16.9. The van der Waals surface area contributed by atoms with Crippen molar-refractivity contribution in [3.8, 4) is 5.75 Å². The van der Waals surface area contributed by atoms with Gasteiger partial charge in [0.25, 0.3) is 0 Å². The Morgan fingerprint density at radius 1 is 1.26 bits per heavy atom. The fraction of sp³-hybridized carbons (Fsp3) is 0.500. The maximum absolute atomic E-state index is 5.29. The van der Waals surface area contributed by atoms with Gasteiger partial charge in [-0.05, 0) is 62.9 Å². The minimum Gasteiger partial charge on any atom is -0.497 e. The molecule has 0 aliphatic carbocycles. The van der Waals surface area contributed by atoms with Crippen LogP contribution in [0, 0.1) is 12.8 Å². The first kappa shape index (κ1) is 12.5. The number of fused-ring (bicyclic) bond motifs is 1. The Morgan fingerprint density at radius 3 is 2.79 bits per heavy atom. The number of hydrogen-bond acceptors (Lipinski definition) is 2. The molecular weight excluding hydrogens is 236 g/mol. The van der Waals surface area contributed by atoms with Gasteiger partial charge in [0.1, 0.15) is 5.75 Å². The van der Waals surface area contributed by atoms with Crippen LogP contribution in [0.2, 0.25) is 0 Å². The van der Waals surface area contributed by atoms with Gasteiger partial charge in [0.15, 0.2) is 0 Å². The van der Waals surface area contributed by atoms with Crippen LogP contribution in [0.1, 0.15) is 24.1 Å². The highest BCUT2D eigenvalue weighted by molar-refractivity contribution is 5.85. The van der Waals surface area contributed by atoms with Gasteiger partial charge in [0.05, 0.1) is 7.11 Å². The van der Waals surface area contributed by atoms with Gasteiger partial charge in [0.2, 0.25) is 0 Å². The van der Waals surface area contributed by atoms with Crippen LogP contribution in [0.5, 0.6) is 5.75 Å². The Labute approximate surface area is 114 Å². The summed E-state index contributed by atoms with van der Waals surface area (Å²) in [5.74, 6) is 1.74. The predicted octanol–water partition coefficient (Wildman–Crippen LogP) is 3.03. The topological polar surface area (TPSA) is 37.0 Å². The van der Waals surface area contributed by atoms with Crippen LogP contribution in [0.15, 0.2) is 18.2 Å². The molecule has 0 radical (unpaired) electrons. The monoisotopic (exact) mass is 258 g/mol. The van der Waals surface area contributed by atoms with E-state index in [0.29, 0.717) is 0 Å². The van der Waals surface area contributed by atoms with Gasteiger partial charge in [-0.1, -0.05) is 0 Å². The number of hydrogen-bond donors (Lipinski definition) is 2. The van der Waals surface area contributed by atoms with Crippen LogP contribution < -0.4 is 10.1 Å². The molecule has 1 aromatic heterocycles. The summed E-state index contributed by atoms with van der Waals surface area (Å²) in [5, 5.41) is 4.80. The predicted molar refractivity (Wildman–Crippen MR) is 78.9 cm³/mol. The van der Waals surface area contributed by atoms with Crippen molar-refractivity contribution < 1.29 is 4.74 Å². The lowest BCUT2D eigenvalue weighted by molar-refractivity contribution is 0.373. The van der Waals surface area contributed by atoms with Gasteiger partial charge in [-0.25, -0.2) is 0 Å². The van der Waals surface area contributed by atoms with Gasteiger partial charge in [0, 0.05) is 22.7 Å². The minimum atomic E-state index is 0.820. The number of nitrogens with one attached hydrogen (secondary N) is 2. The summed E-state index contributed by atoms with van der Waals surface area (Å²) in [6.45, 7) is 4.52. The van der Waals surface area contributed by atoms with E-state index in [2.05, 4.69) is 35.4 Å². The third kappa shape index (κ3) is 2.47. The highest BCUT2D eigenvalue weighted by Crippen LogP contribution is 2.29. The zero-order valence-corrected chi connectivity index (χ0v) is 11.8. The smallest absolute Gasteiger partial charge is 0.120 e. The zero-order valence-electron chi connectivity index (χ0n) is 11.8. The molecule has 1 aromatic carbocycles. The summed E-state index contributed by atoms with van der Waals surface area (Å²) in [4.78, 5) is 3.50. The Hall–Kier alpha value is -1.48. The van der Waals surface area contributed by atoms with E-state index >= 15 is 0 Å². The van der Waals surface area contributed by atoms with Crippen LogP contribution >= 0.6 is 0 Å². The molecule has 102 valence electrons. The molecule has 3 rings (SSSR count). The van der Waals surface area contributed by atoms with E-state index in [1.54, 1.807) is 7.11 Å². The Morgan fingerprint density at radius 2 is 2.05 bits per heavy atom. The number of ether oxygens (including phenoxy) is 1. The molecule has 1 aliphatic heterocycles. The average molecular weight is 258 g/mol. The second kappa shape index (κ2) is 5.25.